The van der Waals surface area contributed by atoms with Crippen LogP contribution in [0.3, 0.4) is 0 Å². The van der Waals surface area contributed by atoms with Crippen LogP contribution in [0, 0.1) is 5.41 Å². The lowest BCUT2D eigenvalue weighted by Gasteiger charge is -2.26. The van der Waals surface area contributed by atoms with Crippen molar-refractivity contribution in [2.45, 2.75) is 25.0 Å². The van der Waals surface area contributed by atoms with Crippen molar-refractivity contribution >= 4 is 26.0 Å². The van der Waals surface area contributed by atoms with E-state index in [4.69, 9.17) is 4.55 Å². The molecule has 20 heavy (non-hydrogen) atoms. The molecule has 1 aliphatic carbocycles. The molecule has 5 heteroatoms. The number of benzene rings is 1. The number of halogens is 1. The Morgan fingerprint density at radius 3 is 2.40 bits per heavy atom. The van der Waals surface area contributed by atoms with Crippen molar-refractivity contribution in [3.63, 3.8) is 0 Å². The number of hydrogen-bond acceptors (Lipinski definition) is 2. The molecule has 0 atom stereocenters. The second-order valence-corrected chi connectivity index (χ2v) is 7.72. The summed E-state index contributed by atoms with van der Waals surface area (Å²) in [7, 11) is -4.03. The summed E-state index contributed by atoms with van der Waals surface area (Å²) in [4.78, 5) is 0. The molecule has 0 radical (unpaired) electrons. The molecule has 0 spiro atoms. The number of hydrogen-bond donors (Lipinski definition) is 1. The van der Waals surface area contributed by atoms with Gasteiger partial charge in [0.2, 0.25) is 0 Å². The Morgan fingerprint density at radius 2 is 1.85 bits per heavy atom. The minimum absolute atomic E-state index is 0.184. The minimum atomic E-state index is -4.03. The van der Waals surface area contributed by atoms with Crippen molar-refractivity contribution in [2.75, 3.05) is 0 Å². The van der Waals surface area contributed by atoms with Gasteiger partial charge in [0.05, 0.1) is 0 Å². The van der Waals surface area contributed by atoms with Crippen LogP contribution in [-0.4, -0.2) is 18.2 Å². The molecule has 108 valence electrons. The van der Waals surface area contributed by atoms with Crippen LogP contribution in [0.25, 0.3) is 0 Å². The zero-order chi connectivity index (χ0) is 14.8. The van der Waals surface area contributed by atoms with Gasteiger partial charge in [0.25, 0.3) is 10.1 Å². The Balaban J connectivity index is 2.05. The fourth-order valence-corrected chi connectivity index (χ4v) is 3.26. The van der Waals surface area contributed by atoms with E-state index in [9.17, 15) is 8.42 Å². The van der Waals surface area contributed by atoms with Crippen LogP contribution in [0.1, 0.15) is 18.9 Å². The molecule has 1 aromatic carbocycles. The summed E-state index contributed by atoms with van der Waals surface area (Å²) in [5.74, 6) is 0. The molecule has 1 aromatic rings. The molecule has 0 saturated carbocycles. The van der Waals surface area contributed by atoms with Crippen molar-refractivity contribution in [3.8, 4) is 0 Å². The molecule has 0 bridgehead atoms. The largest absolute Gasteiger partial charge is 0.285 e. The Labute approximate surface area is 128 Å². The topological polar surface area (TPSA) is 54.4 Å². The number of allylic oxidation sites excluding steroid dienone is 2. The molecule has 0 aromatic heterocycles. The van der Waals surface area contributed by atoms with Crippen molar-refractivity contribution < 1.29 is 13.0 Å². The first-order valence-corrected chi connectivity index (χ1v) is 8.68. The van der Waals surface area contributed by atoms with Gasteiger partial charge in [0, 0.05) is 9.89 Å². The van der Waals surface area contributed by atoms with E-state index in [0.29, 0.717) is 0 Å². The van der Waals surface area contributed by atoms with Gasteiger partial charge in [-0.05, 0) is 24.5 Å². The van der Waals surface area contributed by atoms with E-state index in [0.717, 1.165) is 17.3 Å². The molecular formula is C15H17BrO3S. The summed E-state index contributed by atoms with van der Waals surface area (Å²) in [6.07, 6.45) is 8.60. The molecule has 3 nitrogen and oxygen atoms in total. The lowest BCUT2D eigenvalue weighted by molar-refractivity contribution is 0.471. The van der Waals surface area contributed by atoms with Crippen LogP contribution in [-0.2, 0) is 16.5 Å². The molecule has 0 amide bonds. The summed E-state index contributed by atoms with van der Waals surface area (Å²) in [5.41, 5.74) is 1.05. The van der Waals surface area contributed by atoms with Gasteiger partial charge in [-0.2, -0.15) is 8.42 Å². The first-order valence-electron chi connectivity index (χ1n) is 6.39. The molecule has 1 aliphatic rings. The van der Waals surface area contributed by atoms with E-state index >= 15 is 0 Å². The fraction of sp³-hybridized carbons (Fsp3) is 0.333. The summed E-state index contributed by atoms with van der Waals surface area (Å²) < 4.78 is 32.2. The van der Waals surface area contributed by atoms with Crippen LogP contribution < -0.4 is 0 Å². The first kappa shape index (κ1) is 15.5. The summed E-state index contributed by atoms with van der Waals surface area (Å²) in [6.45, 7) is 2.05. The predicted molar refractivity (Wildman–Crippen MR) is 84.2 cm³/mol. The molecule has 1 N–H and O–H groups in total. The van der Waals surface area contributed by atoms with E-state index in [1.165, 1.54) is 5.56 Å². The second kappa shape index (κ2) is 5.84. The van der Waals surface area contributed by atoms with E-state index in [1.807, 2.05) is 30.4 Å². The lowest BCUT2D eigenvalue weighted by Crippen LogP contribution is -2.22. The molecular weight excluding hydrogens is 340 g/mol. The monoisotopic (exact) mass is 356 g/mol. The third kappa shape index (κ3) is 3.81. The van der Waals surface area contributed by atoms with Crippen LogP contribution >= 0.6 is 15.9 Å². The second-order valence-electron chi connectivity index (χ2n) is 5.30. The summed E-state index contributed by atoms with van der Waals surface area (Å²) in [5, 5.41) is -0.918. The maximum absolute atomic E-state index is 11.1. The summed E-state index contributed by atoms with van der Waals surface area (Å²) in [6, 6.07) is 8.07. The van der Waals surface area contributed by atoms with Crippen molar-refractivity contribution in [1.29, 1.82) is 0 Å². The standard InChI is InChI=1S/C15H17BrO3S/c1-15(9-6-12-4-2-3-5-14(12)16)10-7-13(8-11-15)20(17,18)19/h2-5,7-8,10-11,13H,6,9H2,1H3,(H,17,18,19). The molecule has 0 unspecified atom stereocenters. The molecule has 0 aliphatic heterocycles. The van der Waals surface area contributed by atoms with Gasteiger partial charge in [-0.15, -0.1) is 0 Å². The van der Waals surface area contributed by atoms with Gasteiger partial charge in [-0.25, -0.2) is 0 Å². The van der Waals surface area contributed by atoms with Gasteiger partial charge < -0.3 is 0 Å². The van der Waals surface area contributed by atoms with Crippen LogP contribution in [0.15, 0.2) is 53.0 Å². The van der Waals surface area contributed by atoms with Crippen molar-refractivity contribution in [1.82, 2.24) is 0 Å². The van der Waals surface area contributed by atoms with Crippen LogP contribution in [0.4, 0.5) is 0 Å². The van der Waals surface area contributed by atoms with E-state index < -0.39 is 15.4 Å². The lowest BCUT2D eigenvalue weighted by atomic mass is 9.81. The molecule has 2 rings (SSSR count). The first-order chi connectivity index (χ1) is 9.30. The van der Waals surface area contributed by atoms with Gasteiger partial charge in [0.15, 0.2) is 0 Å². The SMILES string of the molecule is CC1(CCc2ccccc2Br)C=CC(S(=O)(=O)O)C=C1. The zero-order valence-corrected chi connectivity index (χ0v) is 13.6. The quantitative estimate of drug-likeness (QED) is 0.659. The normalized spacial score (nSPS) is 25.9. The maximum Gasteiger partial charge on any atom is 0.275 e. The summed E-state index contributed by atoms with van der Waals surface area (Å²) >= 11 is 3.53. The number of rotatable bonds is 4. The van der Waals surface area contributed by atoms with Gasteiger partial charge in [-0.3, -0.25) is 4.55 Å². The highest BCUT2D eigenvalue weighted by molar-refractivity contribution is 9.10. The van der Waals surface area contributed by atoms with Crippen molar-refractivity contribution in [3.05, 3.63) is 58.6 Å². The predicted octanol–water partition coefficient (Wildman–Crippen LogP) is 3.77. The third-order valence-electron chi connectivity index (χ3n) is 3.57. The van der Waals surface area contributed by atoms with E-state index in [-0.39, 0.29) is 5.41 Å². The van der Waals surface area contributed by atoms with Crippen LogP contribution in [0.5, 0.6) is 0 Å². The van der Waals surface area contributed by atoms with E-state index in [1.54, 1.807) is 12.2 Å². The van der Waals surface area contributed by atoms with Crippen LogP contribution in [0.2, 0.25) is 0 Å². The number of aryl methyl sites for hydroxylation is 1. The van der Waals surface area contributed by atoms with Gasteiger partial charge in [-0.1, -0.05) is 65.4 Å². The van der Waals surface area contributed by atoms with Crippen molar-refractivity contribution in [2.24, 2.45) is 5.41 Å². The van der Waals surface area contributed by atoms with E-state index in [2.05, 4.69) is 28.9 Å². The Morgan fingerprint density at radius 1 is 1.25 bits per heavy atom. The molecule has 0 fully saturated rings. The Hall–Kier alpha value is -0.910. The van der Waals surface area contributed by atoms with Gasteiger partial charge >= 0.3 is 0 Å². The fourth-order valence-electron chi connectivity index (χ4n) is 2.22. The highest BCUT2D eigenvalue weighted by Gasteiger charge is 2.26. The average Bonchev–Trinajstić information content (AvgIpc) is 2.37. The smallest absolute Gasteiger partial charge is 0.275 e. The van der Waals surface area contributed by atoms with Gasteiger partial charge in [0.1, 0.15) is 5.25 Å². The highest BCUT2D eigenvalue weighted by atomic mass is 79.9. The Bertz CT molecular complexity index is 633. The molecule has 0 heterocycles. The zero-order valence-electron chi connectivity index (χ0n) is 11.2. The average molecular weight is 357 g/mol. The Kier molecular flexibility index (Phi) is 4.52. The third-order valence-corrected chi connectivity index (χ3v) is 5.34. The highest BCUT2D eigenvalue weighted by Crippen LogP contribution is 2.32. The molecule has 0 saturated heterocycles. The minimum Gasteiger partial charge on any atom is -0.285 e. The maximum atomic E-state index is 11.1.